The highest BCUT2D eigenvalue weighted by molar-refractivity contribution is 5.69. The molecule has 0 saturated carbocycles. The van der Waals surface area contributed by atoms with E-state index < -0.39 is 11.9 Å². The molecular weight excluding hydrogens is 276 g/mol. The van der Waals surface area contributed by atoms with Gasteiger partial charge in [0.05, 0.1) is 13.1 Å². The van der Waals surface area contributed by atoms with Crippen LogP contribution in [0.1, 0.15) is 0 Å². The van der Waals surface area contributed by atoms with Crippen molar-refractivity contribution in [3.63, 3.8) is 0 Å². The molecule has 122 valence electrons. The number of hydrogen-bond acceptors (Lipinski definition) is 6. The molecule has 1 saturated heterocycles. The second-order valence-electron chi connectivity index (χ2n) is 5.39. The Kier molecular flexibility index (Phi) is 8.21. The van der Waals surface area contributed by atoms with Gasteiger partial charge >= 0.3 is 11.9 Å². The number of likely N-dealkylation sites (N-methyl/N-ethyl adjacent to an activating group) is 1. The van der Waals surface area contributed by atoms with Gasteiger partial charge < -0.3 is 20.4 Å². The zero-order valence-electron chi connectivity index (χ0n) is 12.6. The molecule has 8 heteroatoms. The molecule has 0 unspecified atom stereocenters. The number of nitrogens with one attached hydrogen (secondary N) is 1. The minimum Gasteiger partial charge on any atom is -0.480 e. The Labute approximate surface area is 125 Å². The van der Waals surface area contributed by atoms with Crippen molar-refractivity contribution in [1.82, 2.24) is 20.0 Å². The third-order valence-electron chi connectivity index (χ3n) is 3.52. The van der Waals surface area contributed by atoms with Crippen molar-refractivity contribution < 1.29 is 19.8 Å². The van der Waals surface area contributed by atoms with Gasteiger partial charge in [-0.1, -0.05) is 0 Å². The summed E-state index contributed by atoms with van der Waals surface area (Å²) in [7, 11) is 2.02. The number of carbonyl (C=O) groups is 2. The van der Waals surface area contributed by atoms with Crippen molar-refractivity contribution >= 4 is 11.9 Å². The van der Waals surface area contributed by atoms with Crippen LogP contribution in [-0.2, 0) is 9.59 Å². The number of carboxylic acids is 2. The maximum atomic E-state index is 10.9. The average Bonchev–Trinajstić information content (AvgIpc) is 2.38. The summed E-state index contributed by atoms with van der Waals surface area (Å²) in [6.07, 6.45) is 0. The van der Waals surface area contributed by atoms with Gasteiger partial charge in [0.1, 0.15) is 0 Å². The van der Waals surface area contributed by atoms with Crippen molar-refractivity contribution in [2.24, 2.45) is 0 Å². The third kappa shape index (κ3) is 8.61. The smallest absolute Gasteiger partial charge is 0.317 e. The van der Waals surface area contributed by atoms with Crippen LogP contribution in [0.2, 0.25) is 0 Å². The lowest BCUT2D eigenvalue weighted by Gasteiger charge is -2.28. The van der Waals surface area contributed by atoms with E-state index in [4.69, 9.17) is 10.2 Å². The summed E-state index contributed by atoms with van der Waals surface area (Å²) >= 11 is 0. The number of nitrogens with zero attached hydrogens (tertiary/aromatic N) is 3. The van der Waals surface area contributed by atoms with Crippen LogP contribution in [0.4, 0.5) is 0 Å². The van der Waals surface area contributed by atoms with E-state index in [-0.39, 0.29) is 13.1 Å². The topological polar surface area (TPSA) is 96.4 Å². The highest BCUT2D eigenvalue weighted by atomic mass is 16.4. The quantitative estimate of drug-likeness (QED) is 0.565. The minimum atomic E-state index is -0.855. The normalized spacial score (nSPS) is 21.4. The first kappa shape index (κ1) is 17.8. The van der Waals surface area contributed by atoms with E-state index in [1.807, 2.05) is 16.8 Å². The summed E-state index contributed by atoms with van der Waals surface area (Å²) in [5.74, 6) is -1.71. The Morgan fingerprint density at radius 2 is 1.33 bits per heavy atom. The van der Waals surface area contributed by atoms with Gasteiger partial charge in [0.25, 0.3) is 0 Å². The molecule has 0 bridgehead atoms. The summed E-state index contributed by atoms with van der Waals surface area (Å²) in [5, 5.41) is 21.2. The second-order valence-corrected chi connectivity index (χ2v) is 5.39. The first-order valence-corrected chi connectivity index (χ1v) is 7.25. The molecule has 0 atom stereocenters. The molecule has 0 spiro atoms. The van der Waals surface area contributed by atoms with Crippen molar-refractivity contribution in [2.75, 3.05) is 72.5 Å². The molecular formula is C13H26N4O4. The van der Waals surface area contributed by atoms with E-state index in [0.717, 1.165) is 26.2 Å². The fraction of sp³-hybridized carbons (Fsp3) is 0.846. The summed E-state index contributed by atoms with van der Waals surface area (Å²) in [6, 6.07) is 0. The molecule has 1 aliphatic rings. The van der Waals surface area contributed by atoms with Crippen LogP contribution in [0.3, 0.4) is 0 Å². The summed E-state index contributed by atoms with van der Waals surface area (Å²) in [5.41, 5.74) is 0. The highest BCUT2D eigenvalue weighted by Crippen LogP contribution is 1.96. The van der Waals surface area contributed by atoms with Gasteiger partial charge in [0.15, 0.2) is 0 Å². The van der Waals surface area contributed by atoms with Crippen LogP contribution in [0.15, 0.2) is 0 Å². The molecule has 0 amide bonds. The average molecular weight is 302 g/mol. The first-order valence-electron chi connectivity index (χ1n) is 7.25. The third-order valence-corrected chi connectivity index (χ3v) is 3.52. The Hall–Kier alpha value is -1.22. The van der Waals surface area contributed by atoms with E-state index in [2.05, 4.69) is 10.2 Å². The summed E-state index contributed by atoms with van der Waals surface area (Å²) in [4.78, 5) is 27.7. The predicted molar refractivity (Wildman–Crippen MR) is 78.5 cm³/mol. The molecule has 1 fully saturated rings. The Morgan fingerprint density at radius 1 is 0.857 bits per heavy atom. The molecule has 0 aliphatic carbocycles. The van der Waals surface area contributed by atoms with E-state index in [1.54, 1.807) is 0 Å². The van der Waals surface area contributed by atoms with Crippen molar-refractivity contribution in [3.05, 3.63) is 0 Å². The van der Waals surface area contributed by atoms with Gasteiger partial charge in [-0.3, -0.25) is 19.4 Å². The largest absolute Gasteiger partial charge is 0.480 e. The van der Waals surface area contributed by atoms with Gasteiger partial charge in [0.2, 0.25) is 0 Å². The highest BCUT2D eigenvalue weighted by Gasteiger charge is 2.15. The van der Waals surface area contributed by atoms with E-state index >= 15 is 0 Å². The second kappa shape index (κ2) is 9.67. The standard InChI is InChI=1S/C13H26N4O4/c1-15-4-2-14-3-5-16(10-12(18)19)8-9-17(7-6-15)11-13(20)21/h14H,2-11H2,1H3,(H,18,19)(H,20,21). The van der Waals surface area contributed by atoms with Gasteiger partial charge in [-0.2, -0.15) is 0 Å². The Morgan fingerprint density at radius 3 is 1.90 bits per heavy atom. The molecule has 1 aliphatic heterocycles. The maximum absolute atomic E-state index is 10.9. The van der Waals surface area contributed by atoms with Crippen molar-refractivity contribution in [2.45, 2.75) is 0 Å². The molecule has 0 aromatic carbocycles. The lowest BCUT2D eigenvalue weighted by atomic mass is 10.3. The van der Waals surface area contributed by atoms with Crippen LogP contribution in [0.5, 0.6) is 0 Å². The van der Waals surface area contributed by atoms with Crippen LogP contribution < -0.4 is 5.32 Å². The monoisotopic (exact) mass is 302 g/mol. The molecule has 21 heavy (non-hydrogen) atoms. The fourth-order valence-corrected chi connectivity index (χ4v) is 2.26. The van der Waals surface area contributed by atoms with Crippen LogP contribution in [0.25, 0.3) is 0 Å². The minimum absolute atomic E-state index is 0.00694. The predicted octanol–water partition coefficient (Wildman–Crippen LogP) is -1.71. The van der Waals surface area contributed by atoms with Crippen LogP contribution >= 0.6 is 0 Å². The zero-order valence-corrected chi connectivity index (χ0v) is 12.6. The molecule has 3 N–H and O–H groups in total. The van der Waals surface area contributed by atoms with Gasteiger partial charge in [-0.05, 0) is 7.05 Å². The van der Waals surface area contributed by atoms with E-state index in [0.29, 0.717) is 26.2 Å². The number of carboxylic acid groups (broad SMARTS) is 2. The Balaban J connectivity index is 2.58. The van der Waals surface area contributed by atoms with Crippen molar-refractivity contribution in [3.8, 4) is 0 Å². The van der Waals surface area contributed by atoms with Gasteiger partial charge in [-0.15, -0.1) is 0 Å². The van der Waals surface area contributed by atoms with Crippen LogP contribution in [0, 0.1) is 0 Å². The molecule has 0 aromatic rings. The fourth-order valence-electron chi connectivity index (χ4n) is 2.26. The lowest BCUT2D eigenvalue weighted by Crippen LogP contribution is -2.46. The number of hydrogen-bond donors (Lipinski definition) is 3. The van der Waals surface area contributed by atoms with Crippen LogP contribution in [-0.4, -0.2) is 109 Å². The van der Waals surface area contributed by atoms with Crippen molar-refractivity contribution in [1.29, 1.82) is 0 Å². The molecule has 1 rings (SSSR count). The van der Waals surface area contributed by atoms with Gasteiger partial charge in [-0.25, -0.2) is 0 Å². The molecule has 8 nitrogen and oxygen atoms in total. The number of aliphatic carboxylic acids is 2. The zero-order chi connectivity index (χ0) is 15.7. The number of rotatable bonds is 4. The molecule has 0 radical (unpaired) electrons. The van der Waals surface area contributed by atoms with E-state index in [9.17, 15) is 9.59 Å². The maximum Gasteiger partial charge on any atom is 0.317 e. The van der Waals surface area contributed by atoms with Gasteiger partial charge in [0, 0.05) is 52.4 Å². The Bertz CT molecular complexity index is 340. The molecule has 0 aromatic heterocycles. The summed E-state index contributed by atoms with van der Waals surface area (Å²) in [6.45, 7) is 5.69. The summed E-state index contributed by atoms with van der Waals surface area (Å²) < 4.78 is 0. The lowest BCUT2D eigenvalue weighted by molar-refractivity contribution is -0.140. The SMILES string of the molecule is CN1CCNCCN(CC(=O)O)CCN(CC(=O)O)CC1. The van der Waals surface area contributed by atoms with E-state index in [1.165, 1.54) is 0 Å². The molecule has 1 heterocycles. The first-order chi connectivity index (χ1) is 9.97.